The van der Waals surface area contributed by atoms with E-state index in [4.69, 9.17) is 0 Å². The van der Waals surface area contributed by atoms with Crippen molar-refractivity contribution in [2.75, 3.05) is 13.1 Å². The number of H-pyrrole nitrogens is 2. The van der Waals surface area contributed by atoms with Crippen molar-refractivity contribution >= 4 is 11.0 Å². The minimum Gasteiger partial charge on any atom is -0.316 e. The minimum atomic E-state index is -0.593. The molecule has 0 atom stereocenters. The highest BCUT2D eigenvalue weighted by atomic mass is 16.2. The van der Waals surface area contributed by atoms with Crippen LogP contribution in [0, 0.1) is 12.8 Å². The fourth-order valence-electron chi connectivity index (χ4n) is 3.00. The second kappa shape index (κ2) is 5.48. The molecule has 2 heterocycles. The third-order valence-electron chi connectivity index (χ3n) is 4.50. The number of fused-ring (bicyclic) bond motifs is 1. The Kier molecular flexibility index (Phi) is 3.68. The largest absolute Gasteiger partial charge is 0.316 e. The van der Waals surface area contributed by atoms with Gasteiger partial charge in [-0.3, -0.25) is 14.5 Å². The number of aryl methyl sites for hydroxylation is 1. The second-order valence-electron chi connectivity index (χ2n) is 6.15. The lowest BCUT2D eigenvalue weighted by atomic mass is 9.98. The molecule has 1 aliphatic heterocycles. The molecule has 112 valence electrons. The molecule has 1 fully saturated rings. The molecule has 0 unspecified atom stereocenters. The van der Waals surface area contributed by atoms with Crippen molar-refractivity contribution in [3.8, 4) is 0 Å². The zero-order chi connectivity index (χ0) is 15.0. The Morgan fingerprint density at radius 3 is 2.52 bits per heavy atom. The molecule has 1 aliphatic rings. The van der Waals surface area contributed by atoms with Gasteiger partial charge in [-0.1, -0.05) is 13.0 Å². The highest BCUT2D eigenvalue weighted by Gasteiger charge is 2.18. The molecule has 0 aliphatic carbocycles. The molecule has 0 amide bonds. The maximum atomic E-state index is 11.6. The monoisotopic (exact) mass is 287 g/mol. The molecule has 2 N–H and O–H groups in total. The average Bonchev–Trinajstić information content (AvgIpc) is 2.46. The van der Waals surface area contributed by atoms with E-state index in [2.05, 4.69) is 21.8 Å². The van der Waals surface area contributed by atoms with Crippen LogP contribution in [-0.4, -0.2) is 28.0 Å². The van der Waals surface area contributed by atoms with Crippen molar-refractivity contribution < 1.29 is 0 Å². The molecule has 0 radical (unpaired) electrons. The number of benzene rings is 1. The molecule has 5 nitrogen and oxygen atoms in total. The molecule has 21 heavy (non-hydrogen) atoms. The number of piperidine rings is 1. The molecule has 5 heteroatoms. The lowest BCUT2D eigenvalue weighted by molar-refractivity contribution is 0.185. The number of hydrogen-bond acceptors (Lipinski definition) is 3. The summed E-state index contributed by atoms with van der Waals surface area (Å²) in [6.07, 6.45) is 2.44. The van der Waals surface area contributed by atoms with Gasteiger partial charge in [-0.25, -0.2) is 0 Å². The van der Waals surface area contributed by atoms with Crippen LogP contribution in [0.2, 0.25) is 0 Å². The molecule has 0 spiro atoms. The van der Waals surface area contributed by atoms with Gasteiger partial charge in [0.25, 0.3) is 0 Å². The van der Waals surface area contributed by atoms with Gasteiger partial charge in [-0.2, -0.15) is 0 Å². The molecule has 2 aromatic rings. The Morgan fingerprint density at radius 2 is 1.81 bits per heavy atom. The molecular weight excluding hydrogens is 266 g/mol. The first-order chi connectivity index (χ1) is 10.0. The lowest BCUT2D eigenvalue weighted by Gasteiger charge is -2.30. The summed E-state index contributed by atoms with van der Waals surface area (Å²) in [4.78, 5) is 30.9. The summed E-state index contributed by atoms with van der Waals surface area (Å²) >= 11 is 0. The molecular formula is C16H21N3O2. The number of likely N-dealkylation sites (tertiary alicyclic amines) is 1. The van der Waals surface area contributed by atoms with E-state index in [0.29, 0.717) is 5.52 Å². The number of hydrogen-bond donors (Lipinski definition) is 2. The van der Waals surface area contributed by atoms with E-state index in [9.17, 15) is 9.59 Å². The predicted octanol–water partition coefficient (Wildman–Crippen LogP) is 1.76. The number of aromatic nitrogens is 2. The highest BCUT2D eigenvalue weighted by molar-refractivity contribution is 5.78. The molecule has 1 aromatic carbocycles. The van der Waals surface area contributed by atoms with Crippen LogP contribution in [-0.2, 0) is 6.54 Å². The fraction of sp³-hybridized carbons (Fsp3) is 0.500. The topological polar surface area (TPSA) is 69.0 Å². The van der Waals surface area contributed by atoms with Crippen LogP contribution >= 0.6 is 0 Å². The van der Waals surface area contributed by atoms with Crippen LogP contribution in [0.3, 0.4) is 0 Å². The standard InChI is InChI=1S/C16H21N3O2/c1-10-5-7-19(8-6-10)9-12-11(2)3-4-13-14(12)18-16(21)15(20)17-13/h3-4,10H,5-9H2,1-2H3,(H,17,20)(H,18,21). The maximum absolute atomic E-state index is 11.6. The number of nitrogens with zero attached hydrogens (tertiary/aromatic N) is 1. The van der Waals surface area contributed by atoms with Crippen molar-refractivity contribution in [1.29, 1.82) is 0 Å². The number of aromatic amines is 2. The normalized spacial score (nSPS) is 17.4. The second-order valence-corrected chi connectivity index (χ2v) is 6.15. The van der Waals surface area contributed by atoms with E-state index in [0.717, 1.165) is 42.2 Å². The average molecular weight is 287 g/mol. The Bertz CT molecular complexity index is 767. The predicted molar refractivity (Wildman–Crippen MR) is 83.6 cm³/mol. The number of nitrogens with one attached hydrogen (secondary N) is 2. The molecule has 3 rings (SSSR count). The molecule has 0 saturated carbocycles. The molecule has 0 bridgehead atoms. The van der Waals surface area contributed by atoms with E-state index in [1.54, 1.807) is 0 Å². The van der Waals surface area contributed by atoms with Gasteiger partial charge in [0.2, 0.25) is 0 Å². The van der Waals surface area contributed by atoms with Gasteiger partial charge < -0.3 is 9.97 Å². The van der Waals surface area contributed by atoms with E-state index >= 15 is 0 Å². The SMILES string of the molecule is Cc1ccc2[nH]c(=O)c(=O)[nH]c2c1CN1CCC(C)CC1. The Balaban J connectivity index is 2.01. The summed E-state index contributed by atoms with van der Waals surface area (Å²) < 4.78 is 0. The first-order valence-electron chi connectivity index (χ1n) is 7.52. The molecule has 1 aromatic heterocycles. The zero-order valence-electron chi connectivity index (χ0n) is 12.5. The first-order valence-corrected chi connectivity index (χ1v) is 7.52. The van der Waals surface area contributed by atoms with Crippen LogP contribution in [0.4, 0.5) is 0 Å². The van der Waals surface area contributed by atoms with Gasteiger partial charge in [-0.15, -0.1) is 0 Å². The number of rotatable bonds is 2. The Morgan fingerprint density at radius 1 is 1.14 bits per heavy atom. The minimum absolute atomic E-state index is 0.582. The summed E-state index contributed by atoms with van der Waals surface area (Å²) in [5.74, 6) is 0.797. The van der Waals surface area contributed by atoms with Crippen molar-refractivity contribution in [2.24, 2.45) is 5.92 Å². The van der Waals surface area contributed by atoms with Crippen LogP contribution in [0.25, 0.3) is 11.0 Å². The van der Waals surface area contributed by atoms with E-state index in [-0.39, 0.29) is 0 Å². The van der Waals surface area contributed by atoms with Gasteiger partial charge in [0, 0.05) is 6.54 Å². The van der Waals surface area contributed by atoms with Gasteiger partial charge in [-0.05, 0) is 56.0 Å². The molecule has 1 saturated heterocycles. The van der Waals surface area contributed by atoms with Crippen molar-refractivity contribution in [2.45, 2.75) is 33.2 Å². The van der Waals surface area contributed by atoms with E-state index in [1.165, 1.54) is 12.8 Å². The fourth-order valence-corrected chi connectivity index (χ4v) is 3.00. The van der Waals surface area contributed by atoms with E-state index in [1.807, 2.05) is 19.1 Å². The van der Waals surface area contributed by atoms with Crippen LogP contribution < -0.4 is 11.1 Å². The summed E-state index contributed by atoms with van der Waals surface area (Å²) in [5.41, 5.74) is 2.54. The lowest BCUT2D eigenvalue weighted by Crippen LogP contribution is -2.33. The van der Waals surface area contributed by atoms with Crippen molar-refractivity contribution in [1.82, 2.24) is 14.9 Å². The maximum Gasteiger partial charge on any atom is 0.314 e. The van der Waals surface area contributed by atoms with Crippen LogP contribution in [0.15, 0.2) is 21.7 Å². The third kappa shape index (κ3) is 2.78. The van der Waals surface area contributed by atoms with Gasteiger partial charge in [0.05, 0.1) is 11.0 Å². The van der Waals surface area contributed by atoms with Crippen molar-refractivity contribution in [3.05, 3.63) is 44.0 Å². The van der Waals surface area contributed by atoms with E-state index < -0.39 is 11.1 Å². The third-order valence-corrected chi connectivity index (χ3v) is 4.50. The van der Waals surface area contributed by atoms with Gasteiger partial charge in [0.15, 0.2) is 0 Å². The first kappa shape index (κ1) is 14.1. The summed E-state index contributed by atoms with van der Waals surface area (Å²) in [6, 6.07) is 3.85. The Labute approximate surface area is 123 Å². The van der Waals surface area contributed by atoms with Gasteiger partial charge in [0.1, 0.15) is 0 Å². The smallest absolute Gasteiger partial charge is 0.314 e. The summed E-state index contributed by atoms with van der Waals surface area (Å²) in [5, 5.41) is 0. The Hall–Kier alpha value is -1.88. The van der Waals surface area contributed by atoms with Crippen LogP contribution in [0.1, 0.15) is 30.9 Å². The van der Waals surface area contributed by atoms with Gasteiger partial charge >= 0.3 is 11.1 Å². The van der Waals surface area contributed by atoms with Crippen molar-refractivity contribution in [3.63, 3.8) is 0 Å². The zero-order valence-corrected chi connectivity index (χ0v) is 12.5. The quantitative estimate of drug-likeness (QED) is 0.827. The summed E-state index contributed by atoms with van der Waals surface area (Å²) in [6.45, 7) is 7.33. The van der Waals surface area contributed by atoms with Crippen LogP contribution in [0.5, 0.6) is 0 Å². The summed E-state index contributed by atoms with van der Waals surface area (Å²) in [7, 11) is 0. The highest BCUT2D eigenvalue weighted by Crippen LogP contribution is 2.23.